The molecule has 1 aliphatic heterocycles. The molecule has 2 heterocycles. The summed E-state index contributed by atoms with van der Waals surface area (Å²) in [4.78, 5) is 19.7. The molecule has 2 saturated carbocycles. The lowest BCUT2D eigenvalue weighted by Crippen LogP contribution is -2.47. The van der Waals surface area contributed by atoms with Crippen LogP contribution in [0.5, 0.6) is 0 Å². The number of nitrogens with zero attached hydrogens (tertiary/aromatic N) is 3. The molecule has 3 atom stereocenters. The summed E-state index contributed by atoms with van der Waals surface area (Å²) in [7, 11) is 0. The van der Waals surface area contributed by atoms with Gasteiger partial charge in [-0.2, -0.15) is 0 Å². The van der Waals surface area contributed by atoms with Gasteiger partial charge in [0.2, 0.25) is 0 Å². The van der Waals surface area contributed by atoms with E-state index in [0.717, 1.165) is 54.8 Å². The van der Waals surface area contributed by atoms with Gasteiger partial charge in [-0.05, 0) is 56.1 Å². The highest BCUT2D eigenvalue weighted by atomic mass is 35.5. The summed E-state index contributed by atoms with van der Waals surface area (Å²) in [6.07, 6.45) is 10.6. The molecular weight excluding hydrogens is 358 g/mol. The highest BCUT2D eigenvalue weighted by molar-refractivity contribution is 6.29. The van der Waals surface area contributed by atoms with E-state index in [4.69, 9.17) is 11.6 Å². The van der Waals surface area contributed by atoms with Gasteiger partial charge in [0.05, 0.1) is 11.0 Å². The number of hydrogen-bond acceptors (Lipinski definition) is 3. The van der Waals surface area contributed by atoms with Crippen molar-refractivity contribution in [1.29, 1.82) is 0 Å². The van der Waals surface area contributed by atoms with E-state index >= 15 is 0 Å². The van der Waals surface area contributed by atoms with Crippen LogP contribution in [0.1, 0.15) is 57.4 Å². The second kappa shape index (κ2) is 7.21. The van der Waals surface area contributed by atoms with Crippen molar-refractivity contribution in [3.8, 4) is 0 Å². The number of halogens is 1. The van der Waals surface area contributed by atoms with Crippen LogP contribution in [-0.4, -0.2) is 33.6 Å². The maximum Gasteiger partial charge on any atom is 0.288 e. The summed E-state index contributed by atoms with van der Waals surface area (Å²) in [5, 5.41) is 0.0937. The molecule has 0 amide bonds. The molecular formula is C22H28ClN3O. The molecule has 5 heteroatoms. The van der Waals surface area contributed by atoms with Crippen LogP contribution in [0, 0.1) is 11.8 Å². The van der Waals surface area contributed by atoms with Crippen LogP contribution >= 0.6 is 11.6 Å². The Bertz CT molecular complexity index is 875. The number of piperidine rings is 1. The molecule has 3 fully saturated rings. The quantitative estimate of drug-likeness (QED) is 0.754. The van der Waals surface area contributed by atoms with Gasteiger partial charge in [-0.15, -0.1) is 0 Å². The second-order valence-corrected chi connectivity index (χ2v) is 9.22. The van der Waals surface area contributed by atoms with E-state index in [1.54, 1.807) is 0 Å². The minimum Gasteiger partial charge on any atom is -0.301 e. The number of para-hydroxylation sites is 2. The van der Waals surface area contributed by atoms with Crippen molar-refractivity contribution < 1.29 is 0 Å². The molecule has 3 aliphatic rings. The van der Waals surface area contributed by atoms with Gasteiger partial charge in [0.15, 0.2) is 5.15 Å². The number of hydrogen-bond donors (Lipinski definition) is 0. The molecule has 4 nitrogen and oxygen atoms in total. The average molecular weight is 386 g/mol. The molecule has 144 valence electrons. The Morgan fingerprint density at radius 3 is 2.37 bits per heavy atom. The van der Waals surface area contributed by atoms with Crippen LogP contribution in [0.25, 0.3) is 11.0 Å². The molecule has 1 aromatic heterocycles. The van der Waals surface area contributed by atoms with Crippen LogP contribution in [0.3, 0.4) is 0 Å². The average Bonchev–Trinajstić information content (AvgIpc) is 2.69. The number of rotatable bonds is 2. The molecule has 2 aromatic rings. The third kappa shape index (κ3) is 3.31. The maximum absolute atomic E-state index is 12.8. The summed E-state index contributed by atoms with van der Waals surface area (Å²) in [6, 6.07) is 8.85. The zero-order chi connectivity index (χ0) is 18.4. The summed E-state index contributed by atoms with van der Waals surface area (Å²) < 4.78 is 1.91. The topological polar surface area (TPSA) is 38.1 Å². The monoisotopic (exact) mass is 385 g/mol. The van der Waals surface area contributed by atoms with Crippen LogP contribution in [0.15, 0.2) is 29.1 Å². The van der Waals surface area contributed by atoms with Crippen molar-refractivity contribution in [1.82, 2.24) is 14.5 Å². The van der Waals surface area contributed by atoms with Gasteiger partial charge in [-0.3, -0.25) is 4.79 Å². The molecule has 0 N–H and O–H groups in total. The first kappa shape index (κ1) is 17.7. The van der Waals surface area contributed by atoms with Crippen molar-refractivity contribution >= 4 is 22.6 Å². The summed E-state index contributed by atoms with van der Waals surface area (Å²) >= 11 is 6.16. The minimum atomic E-state index is -0.138. The lowest BCUT2D eigenvalue weighted by molar-refractivity contribution is 0.0509. The molecule has 2 bridgehead atoms. The van der Waals surface area contributed by atoms with Gasteiger partial charge in [-0.25, -0.2) is 4.98 Å². The Kier molecular flexibility index (Phi) is 4.73. The standard InChI is InChI=1S/C22H28ClN3O/c23-21-22(27)26(20-7-2-1-6-19(20)24-21)17-8-10-25(11-9-17)18-13-15-4-3-5-16(12-15)14-18/h1-2,6-7,15-18H,3-5,8-14H2/t15-,16+,18+. The summed E-state index contributed by atoms with van der Waals surface area (Å²) in [5.74, 6) is 1.93. The van der Waals surface area contributed by atoms with Crippen LogP contribution in [0.2, 0.25) is 5.15 Å². The first-order valence-corrected chi connectivity index (χ1v) is 11.0. The lowest BCUT2D eigenvalue weighted by atomic mass is 9.70. The van der Waals surface area contributed by atoms with Crippen molar-refractivity contribution in [2.24, 2.45) is 11.8 Å². The number of likely N-dealkylation sites (tertiary alicyclic amines) is 1. The van der Waals surface area contributed by atoms with Gasteiger partial charge < -0.3 is 9.47 Å². The van der Waals surface area contributed by atoms with E-state index in [1.807, 2.05) is 28.8 Å². The zero-order valence-corrected chi connectivity index (χ0v) is 16.6. The van der Waals surface area contributed by atoms with Gasteiger partial charge in [0.1, 0.15) is 0 Å². The van der Waals surface area contributed by atoms with Crippen molar-refractivity contribution in [2.75, 3.05) is 13.1 Å². The Labute approximate surface area is 165 Å². The fraction of sp³-hybridized carbons (Fsp3) is 0.636. The maximum atomic E-state index is 12.8. The van der Waals surface area contributed by atoms with Crippen molar-refractivity contribution in [3.05, 3.63) is 39.8 Å². The lowest BCUT2D eigenvalue weighted by Gasteiger charge is -2.46. The summed E-state index contributed by atoms with van der Waals surface area (Å²) in [5.41, 5.74) is 1.59. The first-order chi connectivity index (χ1) is 13.2. The first-order valence-electron chi connectivity index (χ1n) is 10.6. The van der Waals surface area contributed by atoms with Crippen LogP contribution in [0.4, 0.5) is 0 Å². The molecule has 0 unspecified atom stereocenters. The van der Waals surface area contributed by atoms with E-state index in [1.165, 1.54) is 38.5 Å². The minimum absolute atomic E-state index is 0.0937. The Hall–Kier alpha value is -1.39. The normalized spacial score (nSPS) is 29.9. The van der Waals surface area contributed by atoms with E-state index in [-0.39, 0.29) is 16.8 Å². The van der Waals surface area contributed by atoms with Crippen LogP contribution in [-0.2, 0) is 0 Å². The number of fused-ring (bicyclic) bond motifs is 3. The molecule has 1 saturated heterocycles. The molecule has 5 rings (SSSR count). The molecule has 0 spiro atoms. The van der Waals surface area contributed by atoms with Gasteiger partial charge in [-0.1, -0.05) is 43.0 Å². The van der Waals surface area contributed by atoms with Gasteiger partial charge in [0, 0.05) is 25.2 Å². The number of aromatic nitrogens is 2. The molecule has 27 heavy (non-hydrogen) atoms. The van der Waals surface area contributed by atoms with E-state index in [0.29, 0.717) is 0 Å². The molecule has 2 aliphatic carbocycles. The SMILES string of the molecule is O=c1c(Cl)nc2ccccc2n1C1CCN([C@H]2C[C@@H]3CCC[C@@H](C3)C2)CC1. The van der Waals surface area contributed by atoms with E-state index in [9.17, 15) is 4.79 Å². The van der Waals surface area contributed by atoms with Gasteiger partial charge in [0.25, 0.3) is 5.56 Å². The highest BCUT2D eigenvalue weighted by Crippen LogP contribution is 2.42. The van der Waals surface area contributed by atoms with Crippen molar-refractivity contribution in [3.63, 3.8) is 0 Å². The Morgan fingerprint density at radius 1 is 0.926 bits per heavy atom. The van der Waals surface area contributed by atoms with Gasteiger partial charge >= 0.3 is 0 Å². The predicted molar refractivity (Wildman–Crippen MR) is 109 cm³/mol. The Balaban J connectivity index is 1.35. The third-order valence-electron chi connectivity index (χ3n) is 7.24. The fourth-order valence-corrected chi connectivity index (χ4v) is 6.17. The smallest absolute Gasteiger partial charge is 0.288 e. The third-order valence-corrected chi connectivity index (χ3v) is 7.48. The second-order valence-electron chi connectivity index (χ2n) is 8.86. The van der Waals surface area contributed by atoms with E-state index < -0.39 is 0 Å². The van der Waals surface area contributed by atoms with Crippen molar-refractivity contribution in [2.45, 2.75) is 63.5 Å². The van der Waals surface area contributed by atoms with E-state index in [2.05, 4.69) is 9.88 Å². The largest absolute Gasteiger partial charge is 0.301 e. The fourth-order valence-electron chi connectivity index (χ4n) is 5.99. The predicted octanol–water partition coefficient (Wildman–Crippen LogP) is 4.66. The summed E-state index contributed by atoms with van der Waals surface area (Å²) in [6.45, 7) is 2.19. The molecule has 1 aromatic carbocycles. The highest BCUT2D eigenvalue weighted by Gasteiger charge is 2.36. The zero-order valence-electron chi connectivity index (χ0n) is 15.8. The van der Waals surface area contributed by atoms with Crippen LogP contribution < -0.4 is 5.56 Å². The number of benzene rings is 1. The molecule has 0 radical (unpaired) electrons. The Morgan fingerprint density at radius 2 is 1.63 bits per heavy atom.